The van der Waals surface area contributed by atoms with Crippen LogP contribution in [-0.4, -0.2) is 16.0 Å². The van der Waals surface area contributed by atoms with Gasteiger partial charge in [-0.05, 0) is 36.8 Å². The fraction of sp³-hybridized carbons (Fsp3) is 0.0769. The molecule has 1 aromatic heterocycles. The third kappa shape index (κ3) is 3.02. The number of aryl methyl sites for hydroxylation is 1. The zero-order valence-electron chi connectivity index (χ0n) is 10.5. The molecule has 7 heteroatoms. The summed E-state index contributed by atoms with van der Waals surface area (Å²) in [4.78, 5) is 4.11. The molecular weight excluding hydrogens is 346 g/mol. The Balaban J connectivity index is 2.49. The van der Waals surface area contributed by atoms with E-state index in [0.29, 0.717) is 16.3 Å². The number of rotatable bonds is 3. The molecular formula is C13H11BrClN3O2. The summed E-state index contributed by atoms with van der Waals surface area (Å²) in [7, 11) is 0. The third-order valence-electron chi connectivity index (χ3n) is 2.59. The molecule has 1 heterocycles. The number of amidine groups is 1. The van der Waals surface area contributed by atoms with E-state index in [1.165, 1.54) is 0 Å². The number of halogens is 2. The average molecular weight is 357 g/mol. The molecule has 3 N–H and O–H groups in total. The van der Waals surface area contributed by atoms with E-state index in [2.05, 4.69) is 26.1 Å². The number of nitrogens with zero attached hydrogens (tertiary/aromatic N) is 2. The molecule has 0 aliphatic carbocycles. The predicted molar refractivity (Wildman–Crippen MR) is 80.7 cm³/mol. The number of oxime groups is 1. The van der Waals surface area contributed by atoms with Gasteiger partial charge >= 0.3 is 0 Å². The molecule has 2 rings (SSSR count). The first-order valence-electron chi connectivity index (χ1n) is 5.59. The van der Waals surface area contributed by atoms with Crippen molar-refractivity contribution in [3.63, 3.8) is 0 Å². The fourth-order valence-electron chi connectivity index (χ4n) is 1.63. The molecule has 1 aromatic carbocycles. The Kier molecular flexibility index (Phi) is 4.46. The Hall–Kier alpha value is -1.79. The van der Waals surface area contributed by atoms with Crippen molar-refractivity contribution in [2.24, 2.45) is 10.9 Å². The van der Waals surface area contributed by atoms with Gasteiger partial charge in [-0.15, -0.1) is 0 Å². The maximum absolute atomic E-state index is 8.85. The third-order valence-corrected chi connectivity index (χ3v) is 3.39. The van der Waals surface area contributed by atoms with Gasteiger partial charge < -0.3 is 15.7 Å². The first-order valence-corrected chi connectivity index (χ1v) is 6.76. The summed E-state index contributed by atoms with van der Waals surface area (Å²) < 4.78 is 6.49. The van der Waals surface area contributed by atoms with Crippen molar-refractivity contribution >= 4 is 33.4 Å². The van der Waals surface area contributed by atoms with Crippen molar-refractivity contribution < 1.29 is 9.94 Å². The molecule has 104 valence electrons. The van der Waals surface area contributed by atoms with Crippen LogP contribution in [0.2, 0.25) is 5.02 Å². The second-order valence-electron chi connectivity index (χ2n) is 3.97. The van der Waals surface area contributed by atoms with Crippen molar-refractivity contribution in [3.8, 4) is 11.6 Å². The van der Waals surface area contributed by atoms with Crippen LogP contribution in [0.5, 0.6) is 11.6 Å². The highest BCUT2D eigenvalue weighted by Gasteiger charge is 2.15. The Bertz CT molecular complexity index is 677. The van der Waals surface area contributed by atoms with E-state index >= 15 is 0 Å². The van der Waals surface area contributed by atoms with Crippen LogP contribution >= 0.6 is 27.5 Å². The second-order valence-corrected chi connectivity index (χ2v) is 5.29. The Morgan fingerprint density at radius 2 is 2.20 bits per heavy atom. The van der Waals surface area contributed by atoms with E-state index < -0.39 is 0 Å². The summed E-state index contributed by atoms with van der Waals surface area (Å²) in [6.07, 6.45) is 1.57. The summed E-state index contributed by atoms with van der Waals surface area (Å²) >= 11 is 9.40. The van der Waals surface area contributed by atoms with E-state index in [1.807, 2.05) is 6.92 Å². The van der Waals surface area contributed by atoms with Crippen LogP contribution in [0.3, 0.4) is 0 Å². The standard InChI is InChI=1S/C13H11BrClN3O2/c1-7-4-5-17-13(11(7)12(16)18-19)20-10-6-8(14)2-3-9(10)15/h2-6,19H,1H3,(H2,16,18). The van der Waals surface area contributed by atoms with Gasteiger partial charge in [-0.1, -0.05) is 32.7 Å². The topological polar surface area (TPSA) is 80.7 Å². The smallest absolute Gasteiger partial charge is 0.230 e. The van der Waals surface area contributed by atoms with Crippen molar-refractivity contribution in [1.29, 1.82) is 0 Å². The van der Waals surface area contributed by atoms with E-state index in [-0.39, 0.29) is 11.7 Å². The lowest BCUT2D eigenvalue weighted by atomic mass is 10.1. The molecule has 0 saturated carbocycles. The number of aromatic nitrogens is 1. The molecule has 0 spiro atoms. The highest BCUT2D eigenvalue weighted by atomic mass is 79.9. The molecule has 2 aromatic rings. The van der Waals surface area contributed by atoms with Gasteiger partial charge in [-0.25, -0.2) is 4.98 Å². The minimum absolute atomic E-state index is 0.0725. The van der Waals surface area contributed by atoms with Crippen LogP contribution in [0, 0.1) is 6.92 Å². The van der Waals surface area contributed by atoms with Crippen molar-refractivity contribution in [3.05, 3.63) is 51.1 Å². The molecule has 5 nitrogen and oxygen atoms in total. The zero-order chi connectivity index (χ0) is 14.7. The van der Waals surface area contributed by atoms with Gasteiger partial charge in [0.05, 0.1) is 10.6 Å². The Morgan fingerprint density at radius 1 is 1.45 bits per heavy atom. The molecule has 0 atom stereocenters. The van der Waals surface area contributed by atoms with Gasteiger partial charge in [0.2, 0.25) is 5.88 Å². The monoisotopic (exact) mass is 355 g/mol. The lowest BCUT2D eigenvalue weighted by Crippen LogP contribution is -2.16. The van der Waals surface area contributed by atoms with Crippen LogP contribution in [0.15, 0.2) is 40.1 Å². The number of benzene rings is 1. The van der Waals surface area contributed by atoms with Crippen molar-refractivity contribution in [1.82, 2.24) is 4.98 Å². The molecule has 0 saturated heterocycles. The van der Waals surface area contributed by atoms with Crippen molar-refractivity contribution in [2.45, 2.75) is 6.92 Å². The molecule has 0 unspecified atom stereocenters. The molecule has 0 fully saturated rings. The summed E-state index contributed by atoms with van der Waals surface area (Å²) in [6.45, 7) is 1.81. The first kappa shape index (κ1) is 14.6. The Labute approximate surface area is 129 Å². The molecule has 0 aliphatic rings. The van der Waals surface area contributed by atoms with Crippen LogP contribution < -0.4 is 10.5 Å². The van der Waals surface area contributed by atoms with Gasteiger partial charge in [0.15, 0.2) is 5.84 Å². The quantitative estimate of drug-likeness (QED) is 0.380. The van der Waals surface area contributed by atoms with Crippen molar-refractivity contribution in [2.75, 3.05) is 0 Å². The number of hydrogen-bond acceptors (Lipinski definition) is 4. The SMILES string of the molecule is Cc1ccnc(Oc2cc(Br)ccc2Cl)c1/C(N)=N/O. The summed E-state index contributed by atoms with van der Waals surface area (Å²) in [5.41, 5.74) is 6.85. The maximum Gasteiger partial charge on any atom is 0.230 e. The van der Waals surface area contributed by atoms with Gasteiger partial charge in [0, 0.05) is 10.7 Å². The minimum atomic E-state index is -0.0725. The lowest BCUT2D eigenvalue weighted by molar-refractivity contribution is 0.318. The number of ether oxygens (including phenoxy) is 1. The lowest BCUT2D eigenvalue weighted by Gasteiger charge is -2.12. The van der Waals surface area contributed by atoms with Crippen LogP contribution in [0.1, 0.15) is 11.1 Å². The largest absolute Gasteiger partial charge is 0.437 e. The van der Waals surface area contributed by atoms with Gasteiger partial charge in [0.1, 0.15) is 5.75 Å². The average Bonchev–Trinajstić information content (AvgIpc) is 2.42. The van der Waals surface area contributed by atoms with E-state index in [4.69, 9.17) is 27.3 Å². The zero-order valence-corrected chi connectivity index (χ0v) is 12.8. The van der Waals surface area contributed by atoms with Crippen LogP contribution in [0.4, 0.5) is 0 Å². The van der Waals surface area contributed by atoms with Gasteiger partial charge in [-0.3, -0.25) is 0 Å². The second kappa shape index (κ2) is 6.11. The van der Waals surface area contributed by atoms with Crippen LogP contribution in [0.25, 0.3) is 0 Å². The van der Waals surface area contributed by atoms with Gasteiger partial charge in [-0.2, -0.15) is 0 Å². The Morgan fingerprint density at radius 3 is 2.90 bits per heavy atom. The molecule has 0 amide bonds. The fourth-order valence-corrected chi connectivity index (χ4v) is 2.13. The first-order chi connectivity index (χ1) is 9.52. The predicted octanol–water partition coefficient (Wildman–Crippen LogP) is 3.69. The molecule has 0 aliphatic heterocycles. The molecule has 0 bridgehead atoms. The van der Waals surface area contributed by atoms with Gasteiger partial charge in [0.25, 0.3) is 0 Å². The molecule has 0 radical (unpaired) electrons. The normalized spacial score (nSPS) is 11.4. The molecule has 20 heavy (non-hydrogen) atoms. The minimum Gasteiger partial charge on any atom is -0.437 e. The summed E-state index contributed by atoms with van der Waals surface area (Å²) in [5.74, 6) is 0.572. The van der Waals surface area contributed by atoms with E-state index in [9.17, 15) is 0 Å². The number of hydrogen-bond donors (Lipinski definition) is 2. The highest BCUT2D eigenvalue weighted by molar-refractivity contribution is 9.10. The van der Waals surface area contributed by atoms with Crippen LogP contribution in [-0.2, 0) is 0 Å². The number of pyridine rings is 1. The summed E-state index contributed by atoms with van der Waals surface area (Å²) in [6, 6.07) is 6.94. The van der Waals surface area contributed by atoms with E-state index in [0.717, 1.165) is 10.0 Å². The summed E-state index contributed by atoms with van der Waals surface area (Å²) in [5, 5.41) is 12.3. The number of nitrogens with two attached hydrogens (primary N) is 1. The van der Waals surface area contributed by atoms with E-state index in [1.54, 1.807) is 30.5 Å². The maximum atomic E-state index is 8.85. The highest BCUT2D eigenvalue weighted by Crippen LogP contribution is 2.33.